The molecule has 0 aromatic carbocycles. The second kappa shape index (κ2) is 4.13. The highest BCUT2D eigenvalue weighted by Crippen LogP contribution is 2.21. The van der Waals surface area contributed by atoms with Gasteiger partial charge in [-0.05, 0) is 28.8 Å². The Morgan fingerprint density at radius 1 is 1.36 bits per heavy atom. The van der Waals surface area contributed by atoms with E-state index in [0.29, 0.717) is 4.73 Å². The third-order valence-electron chi connectivity index (χ3n) is 2.37. The van der Waals surface area contributed by atoms with Gasteiger partial charge in [-0.1, -0.05) is 0 Å². The van der Waals surface area contributed by atoms with Crippen LogP contribution in [0, 0.1) is 0 Å². The summed E-state index contributed by atoms with van der Waals surface area (Å²) in [5, 5.41) is 3.02. The first-order valence-electron chi connectivity index (χ1n) is 4.77. The van der Waals surface area contributed by atoms with Crippen LogP contribution in [0.4, 0.5) is 11.6 Å². The molecule has 1 aliphatic heterocycles. The van der Waals surface area contributed by atoms with Crippen LogP contribution in [0.1, 0.15) is 12.8 Å². The number of anilines is 2. The lowest BCUT2D eigenvalue weighted by Gasteiger charge is -2.16. The molecule has 1 aromatic heterocycles. The Morgan fingerprint density at radius 2 is 2.07 bits per heavy atom. The van der Waals surface area contributed by atoms with Crippen molar-refractivity contribution in [2.45, 2.75) is 12.8 Å². The summed E-state index contributed by atoms with van der Waals surface area (Å²) in [6, 6.07) is 1.98. The van der Waals surface area contributed by atoms with Gasteiger partial charge < -0.3 is 10.2 Å². The monoisotopic (exact) mass is 256 g/mol. The fourth-order valence-electron chi connectivity index (χ4n) is 1.64. The Labute approximate surface area is 91.9 Å². The molecule has 1 saturated heterocycles. The van der Waals surface area contributed by atoms with E-state index in [0.717, 1.165) is 24.7 Å². The van der Waals surface area contributed by atoms with Gasteiger partial charge in [0.05, 0.1) is 0 Å². The zero-order chi connectivity index (χ0) is 9.97. The summed E-state index contributed by atoms with van der Waals surface area (Å²) in [7, 11) is 1.86. The highest BCUT2D eigenvalue weighted by atomic mass is 79.9. The molecule has 2 heterocycles. The minimum atomic E-state index is 0.645. The summed E-state index contributed by atoms with van der Waals surface area (Å²) in [6.45, 7) is 2.21. The molecule has 0 aliphatic carbocycles. The molecule has 76 valence electrons. The van der Waals surface area contributed by atoms with Crippen molar-refractivity contribution in [1.82, 2.24) is 9.97 Å². The maximum atomic E-state index is 4.36. The van der Waals surface area contributed by atoms with Crippen molar-refractivity contribution in [3.63, 3.8) is 0 Å². The first-order valence-corrected chi connectivity index (χ1v) is 5.56. The second-order valence-corrected chi connectivity index (χ2v) is 4.03. The van der Waals surface area contributed by atoms with E-state index in [1.165, 1.54) is 12.8 Å². The van der Waals surface area contributed by atoms with E-state index >= 15 is 0 Å². The summed E-state index contributed by atoms with van der Waals surface area (Å²) >= 11 is 3.31. The zero-order valence-electron chi connectivity index (χ0n) is 8.13. The molecule has 0 amide bonds. The molecule has 1 N–H and O–H groups in total. The van der Waals surface area contributed by atoms with E-state index in [1.807, 2.05) is 13.1 Å². The molecule has 1 aliphatic rings. The van der Waals surface area contributed by atoms with E-state index < -0.39 is 0 Å². The summed E-state index contributed by atoms with van der Waals surface area (Å²) in [5.74, 6) is 1.86. The number of nitrogens with one attached hydrogen (secondary N) is 1. The molecule has 0 unspecified atom stereocenters. The molecule has 14 heavy (non-hydrogen) atoms. The number of rotatable bonds is 2. The fourth-order valence-corrected chi connectivity index (χ4v) is 2.01. The van der Waals surface area contributed by atoms with Gasteiger partial charge in [0.25, 0.3) is 0 Å². The summed E-state index contributed by atoms with van der Waals surface area (Å²) in [5.41, 5.74) is 0. The molecule has 0 bridgehead atoms. The number of nitrogens with zero attached hydrogens (tertiary/aromatic N) is 3. The number of hydrogen-bond donors (Lipinski definition) is 1. The molecule has 4 nitrogen and oxygen atoms in total. The third kappa shape index (κ3) is 1.97. The topological polar surface area (TPSA) is 41.0 Å². The molecular formula is C9H13BrN4. The van der Waals surface area contributed by atoms with Gasteiger partial charge in [0.1, 0.15) is 11.6 Å². The zero-order valence-corrected chi connectivity index (χ0v) is 9.71. The summed E-state index contributed by atoms with van der Waals surface area (Å²) < 4.78 is 0.645. The first-order chi connectivity index (χ1) is 6.79. The highest BCUT2D eigenvalue weighted by molar-refractivity contribution is 9.10. The fraction of sp³-hybridized carbons (Fsp3) is 0.556. The number of aromatic nitrogens is 2. The Balaban J connectivity index is 2.27. The molecule has 0 saturated carbocycles. The Morgan fingerprint density at radius 3 is 2.71 bits per heavy atom. The van der Waals surface area contributed by atoms with Gasteiger partial charge in [-0.15, -0.1) is 0 Å². The predicted octanol–water partition coefficient (Wildman–Crippen LogP) is 1.88. The Kier molecular flexibility index (Phi) is 2.86. The van der Waals surface area contributed by atoms with Crippen LogP contribution in [-0.4, -0.2) is 30.1 Å². The standard InChI is InChI=1S/C9H13BrN4/c1-11-7-6-8(13-9(10)12-7)14-4-2-3-5-14/h6H,2-5H2,1H3,(H,11,12,13). The minimum Gasteiger partial charge on any atom is -0.373 e. The van der Waals surface area contributed by atoms with Gasteiger partial charge in [-0.25, -0.2) is 9.97 Å². The average Bonchev–Trinajstić information content (AvgIpc) is 2.69. The largest absolute Gasteiger partial charge is 0.373 e. The summed E-state index contributed by atoms with van der Waals surface area (Å²) in [4.78, 5) is 10.8. The molecule has 1 aromatic rings. The van der Waals surface area contributed by atoms with Crippen LogP contribution in [0.2, 0.25) is 0 Å². The van der Waals surface area contributed by atoms with Gasteiger partial charge in [-0.2, -0.15) is 0 Å². The molecule has 1 fully saturated rings. The van der Waals surface area contributed by atoms with Crippen LogP contribution in [-0.2, 0) is 0 Å². The minimum absolute atomic E-state index is 0.645. The van der Waals surface area contributed by atoms with E-state index in [1.54, 1.807) is 0 Å². The quantitative estimate of drug-likeness (QED) is 0.821. The predicted molar refractivity (Wildman–Crippen MR) is 60.7 cm³/mol. The SMILES string of the molecule is CNc1cc(N2CCCC2)nc(Br)n1. The Bertz CT molecular complexity index is 323. The molecule has 0 radical (unpaired) electrons. The smallest absolute Gasteiger partial charge is 0.200 e. The number of hydrogen-bond acceptors (Lipinski definition) is 4. The Hall–Kier alpha value is -0.840. The van der Waals surface area contributed by atoms with Gasteiger partial charge in [0, 0.05) is 26.2 Å². The average molecular weight is 257 g/mol. The van der Waals surface area contributed by atoms with Crippen molar-refractivity contribution >= 4 is 27.6 Å². The van der Waals surface area contributed by atoms with Gasteiger partial charge in [0.2, 0.25) is 0 Å². The van der Waals surface area contributed by atoms with Crippen LogP contribution in [0.3, 0.4) is 0 Å². The molecule has 0 spiro atoms. The van der Waals surface area contributed by atoms with E-state index in [2.05, 4.69) is 36.1 Å². The van der Waals surface area contributed by atoms with Crippen molar-refractivity contribution < 1.29 is 0 Å². The van der Waals surface area contributed by atoms with Crippen LogP contribution < -0.4 is 10.2 Å². The lowest BCUT2D eigenvalue weighted by Crippen LogP contribution is -2.19. The molecule has 2 rings (SSSR count). The summed E-state index contributed by atoms with van der Waals surface area (Å²) in [6.07, 6.45) is 2.52. The van der Waals surface area contributed by atoms with E-state index in [-0.39, 0.29) is 0 Å². The van der Waals surface area contributed by atoms with Crippen LogP contribution in [0.25, 0.3) is 0 Å². The van der Waals surface area contributed by atoms with E-state index in [4.69, 9.17) is 0 Å². The van der Waals surface area contributed by atoms with Crippen LogP contribution in [0.15, 0.2) is 10.8 Å². The van der Waals surface area contributed by atoms with Crippen LogP contribution in [0.5, 0.6) is 0 Å². The molecular weight excluding hydrogens is 244 g/mol. The van der Waals surface area contributed by atoms with Gasteiger partial charge in [-0.3, -0.25) is 0 Å². The molecule has 5 heteroatoms. The lowest BCUT2D eigenvalue weighted by molar-refractivity contribution is 0.919. The van der Waals surface area contributed by atoms with Gasteiger partial charge >= 0.3 is 0 Å². The van der Waals surface area contributed by atoms with Crippen LogP contribution >= 0.6 is 15.9 Å². The van der Waals surface area contributed by atoms with Crippen molar-refractivity contribution in [3.8, 4) is 0 Å². The number of halogens is 1. The third-order valence-corrected chi connectivity index (χ3v) is 2.73. The normalized spacial score (nSPS) is 16.0. The molecule has 0 atom stereocenters. The maximum Gasteiger partial charge on any atom is 0.200 e. The maximum absolute atomic E-state index is 4.36. The van der Waals surface area contributed by atoms with Crippen molar-refractivity contribution in [2.75, 3.05) is 30.4 Å². The highest BCUT2D eigenvalue weighted by Gasteiger charge is 2.14. The lowest BCUT2D eigenvalue weighted by atomic mass is 10.4. The second-order valence-electron chi connectivity index (χ2n) is 3.32. The van der Waals surface area contributed by atoms with Crippen molar-refractivity contribution in [1.29, 1.82) is 0 Å². The van der Waals surface area contributed by atoms with Gasteiger partial charge in [0.15, 0.2) is 4.73 Å². The first kappa shape index (κ1) is 9.71. The van der Waals surface area contributed by atoms with E-state index in [9.17, 15) is 0 Å². The van der Waals surface area contributed by atoms with Crippen molar-refractivity contribution in [2.24, 2.45) is 0 Å². The van der Waals surface area contributed by atoms with Crippen molar-refractivity contribution in [3.05, 3.63) is 10.8 Å².